The van der Waals surface area contributed by atoms with Crippen LogP contribution in [0.4, 0.5) is 5.69 Å². The maximum atomic E-state index is 12.9. The highest BCUT2D eigenvalue weighted by atomic mass is 31.2. The van der Waals surface area contributed by atoms with Gasteiger partial charge in [-0.1, -0.05) is 0 Å². The Morgan fingerprint density at radius 1 is 1.29 bits per heavy atom. The van der Waals surface area contributed by atoms with Crippen molar-refractivity contribution in [2.24, 2.45) is 0 Å². The minimum atomic E-state index is -2.88. The highest BCUT2D eigenvalue weighted by Gasteiger charge is 2.50. The molecule has 2 heterocycles. The summed E-state index contributed by atoms with van der Waals surface area (Å²) >= 11 is 0. The number of hydrogen-bond acceptors (Lipinski definition) is 4. The second kappa shape index (κ2) is 5.18. The van der Waals surface area contributed by atoms with Gasteiger partial charge in [0, 0.05) is 37.8 Å². The molecule has 3 rings (SSSR count). The Bertz CT molecular complexity index is 612. The van der Waals surface area contributed by atoms with Crippen LogP contribution in [-0.4, -0.2) is 40.4 Å². The van der Waals surface area contributed by atoms with Crippen molar-refractivity contribution in [3.8, 4) is 0 Å². The smallest absolute Gasteiger partial charge is 0.298 e. The molecule has 0 saturated carbocycles. The molecule has 2 fully saturated rings. The third-order valence-electron chi connectivity index (χ3n) is 3.74. The summed E-state index contributed by atoms with van der Waals surface area (Å²) in [6.45, 7) is 6.75. The van der Waals surface area contributed by atoms with Gasteiger partial charge in [0.15, 0.2) is 0 Å². The zero-order valence-electron chi connectivity index (χ0n) is 12.1. The average Bonchev–Trinajstić information content (AvgIpc) is 3.30. The first kappa shape index (κ1) is 14.7. The van der Waals surface area contributed by atoms with Gasteiger partial charge < -0.3 is 0 Å². The van der Waals surface area contributed by atoms with Gasteiger partial charge in [-0.2, -0.15) is 0 Å². The fourth-order valence-corrected chi connectivity index (χ4v) is 4.66. The van der Waals surface area contributed by atoms with Crippen LogP contribution >= 0.6 is 7.67 Å². The highest BCUT2D eigenvalue weighted by Crippen LogP contribution is 2.63. The summed E-state index contributed by atoms with van der Waals surface area (Å²) < 4.78 is 22.5. The molecule has 2 aliphatic heterocycles. The minimum absolute atomic E-state index is 0.0889. The van der Waals surface area contributed by atoms with Gasteiger partial charge in [0.1, 0.15) is 0 Å². The van der Waals surface area contributed by atoms with E-state index in [1.54, 1.807) is 19.1 Å². The molecule has 0 amide bonds. The second-order valence-corrected chi connectivity index (χ2v) is 7.77. The maximum Gasteiger partial charge on any atom is 0.346 e. The van der Waals surface area contributed by atoms with Gasteiger partial charge in [0.05, 0.1) is 11.0 Å². The summed E-state index contributed by atoms with van der Waals surface area (Å²) in [6.07, 6.45) is -0.364. The molecule has 0 bridgehead atoms. The molecule has 114 valence electrons. The van der Waals surface area contributed by atoms with Crippen molar-refractivity contribution in [1.29, 1.82) is 0 Å². The molecule has 1 aromatic carbocycles. The number of aryl methyl sites for hydroxylation is 1. The SMILES string of the molecule is Cc1cc([C@@H](C)OP(=O)(N2CC2)N2CC2)ccc1[N+](=O)[O-]. The van der Waals surface area contributed by atoms with Crippen molar-refractivity contribution in [3.63, 3.8) is 0 Å². The van der Waals surface area contributed by atoms with E-state index in [1.165, 1.54) is 6.07 Å². The Hall–Kier alpha value is -1.27. The predicted molar refractivity (Wildman–Crippen MR) is 78.1 cm³/mol. The van der Waals surface area contributed by atoms with Gasteiger partial charge in [-0.15, -0.1) is 0 Å². The molecular weight excluding hydrogens is 293 g/mol. The monoisotopic (exact) mass is 311 g/mol. The summed E-state index contributed by atoms with van der Waals surface area (Å²) in [5, 5.41) is 10.8. The number of benzene rings is 1. The van der Waals surface area contributed by atoms with Crippen LogP contribution in [0.2, 0.25) is 0 Å². The van der Waals surface area contributed by atoms with E-state index in [0.717, 1.165) is 31.7 Å². The van der Waals surface area contributed by atoms with Crippen LogP contribution in [-0.2, 0) is 9.09 Å². The summed E-state index contributed by atoms with van der Waals surface area (Å²) in [5.74, 6) is 0. The number of nitrogens with zero attached hydrogens (tertiary/aromatic N) is 3. The fraction of sp³-hybridized carbons (Fsp3) is 0.538. The summed E-state index contributed by atoms with van der Waals surface area (Å²) in [5.41, 5.74) is 1.48. The van der Waals surface area contributed by atoms with Crippen LogP contribution in [0.3, 0.4) is 0 Å². The zero-order chi connectivity index (χ0) is 15.2. The fourth-order valence-electron chi connectivity index (χ4n) is 2.31. The van der Waals surface area contributed by atoms with Crippen molar-refractivity contribution < 1.29 is 14.0 Å². The van der Waals surface area contributed by atoms with E-state index >= 15 is 0 Å². The molecule has 8 heteroatoms. The number of nitro benzene ring substituents is 1. The molecule has 2 saturated heterocycles. The van der Waals surface area contributed by atoms with E-state index in [4.69, 9.17) is 4.52 Å². The first-order chi connectivity index (χ1) is 9.91. The first-order valence-corrected chi connectivity index (χ1v) is 8.49. The van der Waals surface area contributed by atoms with E-state index in [2.05, 4.69) is 0 Å². The summed E-state index contributed by atoms with van der Waals surface area (Å²) in [6, 6.07) is 4.88. The van der Waals surface area contributed by atoms with Crippen LogP contribution < -0.4 is 0 Å². The van der Waals surface area contributed by atoms with Gasteiger partial charge >= 0.3 is 7.67 Å². The second-order valence-electron chi connectivity index (χ2n) is 5.45. The van der Waals surface area contributed by atoms with Gasteiger partial charge in [-0.25, -0.2) is 9.34 Å². The molecule has 1 aromatic rings. The van der Waals surface area contributed by atoms with E-state index in [0.29, 0.717) is 5.56 Å². The summed E-state index contributed by atoms with van der Waals surface area (Å²) in [4.78, 5) is 10.4. The topological polar surface area (TPSA) is 75.5 Å². The molecule has 0 unspecified atom stereocenters. The number of rotatable bonds is 6. The largest absolute Gasteiger partial charge is 0.346 e. The molecule has 0 N–H and O–H groups in total. The van der Waals surface area contributed by atoms with E-state index in [1.807, 2.05) is 16.3 Å². The Balaban J connectivity index is 1.78. The van der Waals surface area contributed by atoms with Crippen molar-refractivity contribution in [3.05, 3.63) is 39.4 Å². The van der Waals surface area contributed by atoms with Crippen LogP contribution in [0.5, 0.6) is 0 Å². The molecule has 1 atom stereocenters. The van der Waals surface area contributed by atoms with E-state index < -0.39 is 12.6 Å². The molecule has 0 radical (unpaired) electrons. The molecule has 0 aromatic heterocycles. The van der Waals surface area contributed by atoms with Crippen molar-refractivity contribution in [2.45, 2.75) is 20.0 Å². The molecular formula is C13H18N3O4P. The van der Waals surface area contributed by atoms with E-state index in [-0.39, 0.29) is 11.8 Å². The van der Waals surface area contributed by atoms with Crippen molar-refractivity contribution in [2.75, 3.05) is 26.2 Å². The zero-order valence-corrected chi connectivity index (χ0v) is 13.0. The van der Waals surface area contributed by atoms with Crippen LogP contribution in [0.25, 0.3) is 0 Å². The molecule has 7 nitrogen and oxygen atoms in total. The van der Waals surface area contributed by atoms with Gasteiger partial charge in [-0.05, 0) is 31.5 Å². The first-order valence-electron chi connectivity index (χ1n) is 6.96. The van der Waals surface area contributed by atoms with Gasteiger partial charge in [-0.3, -0.25) is 19.2 Å². The predicted octanol–water partition coefficient (Wildman–Crippen LogP) is 2.72. The van der Waals surface area contributed by atoms with Crippen molar-refractivity contribution in [1.82, 2.24) is 9.34 Å². The highest BCUT2D eigenvalue weighted by molar-refractivity contribution is 7.54. The quantitative estimate of drug-likeness (QED) is 0.348. The lowest BCUT2D eigenvalue weighted by Crippen LogP contribution is -2.10. The Morgan fingerprint density at radius 2 is 1.86 bits per heavy atom. The normalized spacial score (nSPS) is 20.3. The Kier molecular flexibility index (Phi) is 3.61. The van der Waals surface area contributed by atoms with Gasteiger partial charge in [0.2, 0.25) is 0 Å². The Labute approximate surface area is 123 Å². The third kappa shape index (κ3) is 2.87. The lowest BCUT2D eigenvalue weighted by atomic mass is 10.1. The molecule has 21 heavy (non-hydrogen) atoms. The van der Waals surface area contributed by atoms with Crippen LogP contribution in [0.1, 0.15) is 24.2 Å². The number of hydrogen-bond donors (Lipinski definition) is 0. The van der Waals surface area contributed by atoms with E-state index in [9.17, 15) is 14.7 Å². The number of nitro groups is 1. The van der Waals surface area contributed by atoms with Gasteiger partial charge in [0.25, 0.3) is 5.69 Å². The lowest BCUT2D eigenvalue weighted by molar-refractivity contribution is -0.385. The molecule has 2 aliphatic rings. The average molecular weight is 311 g/mol. The lowest BCUT2D eigenvalue weighted by Gasteiger charge is -2.24. The van der Waals surface area contributed by atoms with Crippen LogP contribution in [0.15, 0.2) is 18.2 Å². The standard InChI is InChI=1S/C13H18N3O4P/c1-10-9-12(3-4-13(10)16(17)18)11(2)20-21(19,14-5-6-14)15-7-8-15/h3-4,9,11H,5-8H2,1-2H3/t11-/m1/s1. The van der Waals surface area contributed by atoms with Crippen LogP contribution in [0, 0.1) is 17.0 Å². The Morgan fingerprint density at radius 3 is 2.29 bits per heavy atom. The third-order valence-corrected chi connectivity index (χ3v) is 6.57. The summed E-state index contributed by atoms with van der Waals surface area (Å²) in [7, 11) is -2.88. The van der Waals surface area contributed by atoms with Crippen molar-refractivity contribution >= 4 is 13.4 Å². The molecule has 0 spiro atoms. The minimum Gasteiger partial charge on any atom is -0.298 e. The maximum absolute atomic E-state index is 12.9. The molecule has 0 aliphatic carbocycles.